The van der Waals surface area contributed by atoms with Gasteiger partial charge in [0.15, 0.2) is 0 Å². The number of aromatic amines is 1. The van der Waals surface area contributed by atoms with Crippen LogP contribution in [-0.2, 0) is 13.0 Å². The summed E-state index contributed by atoms with van der Waals surface area (Å²) in [6.07, 6.45) is 2.99. The van der Waals surface area contributed by atoms with Crippen LogP contribution in [0.3, 0.4) is 0 Å². The van der Waals surface area contributed by atoms with Crippen molar-refractivity contribution in [3.05, 3.63) is 41.6 Å². The van der Waals surface area contributed by atoms with Crippen LogP contribution in [-0.4, -0.2) is 30.6 Å². The SMILES string of the molecule is COc1cc2c(cc1Nc1ccc[nH]1)CN(C)CC2. The van der Waals surface area contributed by atoms with Gasteiger partial charge in [-0.15, -0.1) is 0 Å². The molecule has 3 rings (SSSR count). The van der Waals surface area contributed by atoms with Gasteiger partial charge in [0.2, 0.25) is 0 Å². The number of nitrogens with one attached hydrogen (secondary N) is 2. The Labute approximate surface area is 113 Å². The Hall–Kier alpha value is -1.94. The highest BCUT2D eigenvalue weighted by molar-refractivity contribution is 5.66. The van der Waals surface area contributed by atoms with Gasteiger partial charge in [-0.2, -0.15) is 0 Å². The van der Waals surface area contributed by atoms with Gasteiger partial charge in [0.1, 0.15) is 11.6 Å². The minimum Gasteiger partial charge on any atom is -0.495 e. The van der Waals surface area contributed by atoms with E-state index in [0.717, 1.165) is 36.8 Å². The summed E-state index contributed by atoms with van der Waals surface area (Å²) in [7, 11) is 3.88. The van der Waals surface area contributed by atoms with Crippen LogP contribution in [0.1, 0.15) is 11.1 Å². The number of hydrogen-bond donors (Lipinski definition) is 2. The van der Waals surface area contributed by atoms with Crippen molar-refractivity contribution in [2.45, 2.75) is 13.0 Å². The van der Waals surface area contributed by atoms with E-state index < -0.39 is 0 Å². The van der Waals surface area contributed by atoms with E-state index in [9.17, 15) is 0 Å². The molecule has 4 heteroatoms. The second-order valence-corrected chi connectivity index (χ2v) is 5.02. The largest absolute Gasteiger partial charge is 0.495 e. The Balaban J connectivity index is 1.96. The van der Waals surface area contributed by atoms with Crippen molar-refractivity contribution in [2.24, 2.45) is 0 Å². The molecule has 1 aliphatic heterocycles. The molecule has 2 aromatic rings. The van der Waals surface area contributed by atoms with Crippen molar-refractivity contribution in [3.63, 3.8) is 0 Å². The Bertz CT molecular complexity index is 563. The van der Waals surface area contributed by atoms with Crippen molar-refractivity contribution in [2.75, 3.05) is 26.0 Å². The molecule has 100 valence electrons. The highest BCUT2D eigenvalue weighted by Gasteiger charge is 2.16. The smallest absolute Gasteiger partial charge is 0.142 e. The molecule has 0 saturated heterocycles. The number of benzene rings is 1. The first kappa shape index (κ1) is 12.1. The van der Waals surface area contributed by atoms with Gasteiger partial charge in [0.05, 0.1) is 12.8 Å². The third-order valence-electron chi connectivity index (χ3n) is 3.59. The van der Waals surface area contributed by atoms with E-state index in [4.69, 9.17) is 4.74 Å². The highest BCUT2D eigenvalue weighted by Crippen LogP contribution is 2.33. The second kappa shape index (κ2) is 4.97. The van der Waals surface area contributed by atoms with E-state index in [-0.39, 0.29) is 0 Å². The number of methoxy groups -OCH3 is 1. The minimum atomic E-state index is 0.901. The fourth-order valence-corrected chi connectivity index (χ4v) is 2.55. The number of ether oxygens (including phenoxy) is 1. The Kier molecular flexibility index (Phi) is 3.17. The fourth-order valence-electron chi connectivity index (χ4n) is 2.55. The number of hydrogen-bond acceptors (Lipinski definition) is 3. The molecule has 4 nitrogen and oxygen atoms in total. The van der Waals surface area contributed by atoms with Crippen molar-refractivity contribution in [1.82, 2.24) is 9.88 Å². The lowest BCUT2D eigenvalue weighted by Gasteiger charge is -2.26. The predicted molar refractivity (Wildman–Crippen MR) is 77.1 cm³/mol. The van der Waals surface area contributed by atoms with Crippen LogP contribution in [0.15, 0.2) is 30.5 Å². The Morgan fingerprint density at radius 3 is 2.95 bits per heavy atom. The topological polar surface area (TPSA) is 40.3 Å². The van der Waals surface area contributed by atoms with Gasteiger partial charge in [-0.05, 0) is 48.9 Å². The fraction of sp³-hybridized carbons (Fsp3) is 0.333. The molecule has 0 amide bonds. The summed E-state index contributed by atoms with van der Waals surface area (Å²) in [5.41, 5.74) is 3.79. The molecule has 0 saturated carbocycles. The normalized spacial score (nSPS) is 15.1. The Morgan fingerprint density at radius 2 is 2.21 bits per heavy atom. The summed E-state index contributed by atoms with van der Waals surface area (Å²) in [6.45, 7) is 2.11. The summed E-state index contributed by atoms with van der Waals surface area (Å²) in [4.78, 5) is 5.49. The first-order chi connectivity index (χ1) is 9.26. The number of aromatic nitrogens is 1. The van der Waals surface area contributed by atoms with Gasteiger partial charge in [-0.1, -0.05) is 0 Å². The monoisotopic (exact) mass is 257 g/mol. The summed E-state index contributed by atoms with van der Waals surface area (Å²) in [6, 6.07) is 8.34. The molecule has 0 atom stereocenters. The van der Waals surface area contributed by atoms with Gasteiger partial charge >= 0.3 is 0 Å². The van der Waals surface area contributed by atoms with E-state index in [1.165, 1.54) is 11.1 Å². The Morgan fingerprint density at radius 1 is 1.32 bits per heavy atom. The lowest BCUT2D eigenvalue weighted by atomic mass is 9.99. The molecule has 0 aliphatic carbocycles. The predicted octanol–water partition coefficient (Wildman–Crippen LogP) is 2.75. The molecule has 2 heterocycles. The summed E-state index contributed by atoms with van der Waals surface area (Å²) in [5, 5.41) is 3.37. The van der Waals surface area contributed by atoms with E-state index >= 15 is 0 Å². The number of H-pyrrole nitrogens is 1. The van der Waals surface area contributed by atoms with E-state index in [1.807, 2.05) is 18.3 Å². The molecule has 2 N–H and O–H groups in total. The molecule has 0 spiro atoms. The van der Waals surface area contributed by atoms with Crippen LogP contribution in [0, 0.1) is 0 Å². The van der Waals surface area contributed by atoms with Crippen LogP contribution in [0.5, 0.6) is 5.75 Å². The van der Waals surface area contributed by atoms with Crippen LogP contribution < -0.4 is 10.1 Å². The molecule has 19 heavy (non-hydrogen) atoms. The molecule has 0 unspecified atom stereocenters. The van der Waals surface area contributed by atoms with Crippen molar-refractivity contribution >= 4 is 11.5 Å². The number of nitrogens with zero attached hydrogens (tertiary/aromatic N) is 1. The van der Waals surface area contributed by atoms with E-state index in [0.29, 0.717) is 0 Å². The van der Waals surface area contributed by atoms with Crippen molar-refractivity contribution in [1.29, 1.82) is 0 Å². The molecular weight excluding hydrogens is 238 g/mol. The standard InChI is InChI=1S/C15H19N3O/c1-18-7-5-11-9-14(19-2)13(8-12(11)10-18)17-15-4-3-6-16-15/h3-4,6,8-9,16-17H,5,7,10H2,1-2H3. The third-order valence-corrected chi connectivity index (χ3v) is 3.59. The van der Waals surface area contributed by atoms with Gasteiger partial charge < -0.3 is 19.9 Å². The van der Waals surface area contributed by atoms with E-state index in [1.54, 1.807) is 7.11 Å². The van der Waals surface area contributed by atoms with Crippen LogP contribution in [0.2, 0.25) is 0 Å². The minimum absolute atomic E-state index is 0.901. The lowest BCUT2D eigenvalue weighted by molar-refractivity contribution is 0.312. The molecule has 0 bridgehead atoms. The van der Waals surface area contributed by atoms with Crippen LogP contribution in [0.25, 0.3) is 0 Å². The number of anilines is 2. The zero-order valence-corrected chi connectivity index (χ0v) is 11.4. The molecular formula is C15H19N3O. The molecule has 0 fully saturated rings. The van der Waals surface area contributed by atoms with Gasteiger partial charge in [-0.25, -0.2) is 0 Å². The van der Waals surface area contributed by atoms with Gasteiger partial charge in [0, 0.05) is 19.3 Å². The average molecular weight is 257 g/mol. The zero-order valence-electron chi connectivity index (χ0n) is 11.4. The number of likely N-dealkylation sites (N-methyl/N-ethyl adjacent to an activating group) is 1. The van der Waals surface area contributed by atoms with Crippen molar-refractivity contribution < 1.29 is 4.74 Å². The summed E-state index contributed by atoms with van der Waals surface area (Å²) < 4.78 is 5.50. The molecule has 1 aromatic heterocycles. The quantitative estimate of drug-likeness (QED) is 0.888. The van der Waals surface area contributed by atoms with Gasteiger partial charge in [0.25, 0.3) is 0 Å². The van der Waals surface area contributed by atoms with Crippen molar-refractivity contribution in [3.8, 4) is 5.75 Å². The second-order valence-electron chi connectivity index (χ2n) is 5.02. The lowest BCUT2D eigenvalue weighted by Crippen LogP contribution is -2.26. The maximum Gasteiger partial charge on any atom is 0.142 e. The molecule has 0 radical (unpaired) electrons. The number of rotatable bonds is 3. The maximum absolute atomic E-state index is 5.50. The first-order valence-electron chi connectivity index (χ1n) is 6.55. The van der Waals surface area contributed by atoms with Crippen LogP contribution >= 0.6 is 0 Å². The maximum atomic E-state index is 5.50. The summed E-state index contributed by atoms with van der Waals surface area (Å²) in [5.74, 6) is 1.88. The molecule has 1 aliphatic rings. The van der Waals surface area contributed by atoms with Crippen LogP contribution in [0.4, 0.5) is 11.5 Å². The average Bonchev–Trinajstić information content (AvgIpc) is 2.91. The molecule has 1 aromatic carbocycles. The summed E-state index contributed by atoms with van der Waals surface area (Å²) >= 11 is 0. The first-order valence-corrected chi connectivity index (χ1v) is 6.55. The van der Waals surface area contributed by atoms with Gasteiger partial charge in [-0.3, -0.25) is 0 Å². The highest BCUT2D eigenvalue weighted by atomic mass is 16.5. The third kappa shape index (κ3) is 2.44. The number of fused-ring (bicyclic) bond motifs is 1. The zero-order chi connectivity index (χ0) is 13.2. The van der Waals surface area contributed by atoms with E-state index in [2.05, 4.69) is 34.4 Å².